The van der Waals surface area contributed by atoms with Crippen molar-refractivity contribution in [3.8, 4) is 0 Å². The van der Waals surface area contributed by atoms with Crippen molar-refractivity contribution >= 4 is 17.6 Å². The van der Waals surface area contributed by atoms with E-state index in [0.717, 1.165) is 24.4 Å². The normalized spacial score (nSPS) is 25.3. The van der Waals surface area contributed by atoms with Crippen molar-refractivity contribution in [1.82, 2.24) is 0 Å². The van der Waals surface area contributed by atoms with Gasteiger partial charge in [-0.15, -0.1) is 0 Å². The van der Waals surface area contributed by atoms with Crippen molar-refractivity contribution in [3.05, 3.63) is 52.9 Å². The Labute approximate surface area is 170 Å². The Morgan fingerprint density at radius 2 is 1.89 bits per heavy atom. The first kappa shape index (κ1) is 19.2. The van der Waals surface area contributed by atoms with Gasteiger partial charge in [-0.1, -0.05) is 46.8 Å². The predicted octanol–water partition coefficient (Wildman–Crippen LogP) is 6.14. The van der Waals surface area contributed by atoms with Crippen molar-refractivity contribution < 1.29 is 0 Å². The lowest BCUT2D eigenvalue weighted by Crippen LogP contribution is -2.37. The Bertz CT molecular complexity index is 877. The fourth-order valence-electron chi connectivity index (χ4n) is 5.14. The summed E-state index contributed by atoms with van der Waals surface area (Å²) in [5.74, 6) is 1.13. The van der Waals surface area contributed by atoms with E-state index in [1.807, 2.05) is 0 Å². The number of aliphatic imine (C=N–C) groups is 2. The van der Waals surface area contributed by atoms with Crippen LogP contribution in [0.3, 0.4) is 0 Å². The molecule has 1 aromatic rings. The van der Waals surface area contributed by atoms with E-state index < -0.39 is 0 Å². The molecule has 3 heterocycles. The zero-order chi connectivity index (χ0) is 20.1. The Morgan fingerprint density at radius 1 is 1.18 bits per heavy atom. The minimum atomic E-state index is 0.127. The molecule has 148 valence electrons. The zero-order valence-electron chi connectivity index (χ0n) is 18.2. The summed E-state index contributed by atoms with van der Waals surface area (Å²) in [4.78, 5) is 12.1. The number of benzene rings is 1. The molecular formula is C25H33N3. The van der Waals surface area contributed by atoms with Crippen LogP contribution in [0.2, 0.25) is 0 Å². The zero-order valence-corrected chi connectivity index (χ0v) is 18.2. The van der Waals surface area contributed by atoms with Crippen molar-refractivity contribution in [2.45, 2.75) is 66.3 Å². The number of nitrogens with zero attached hydrogens (tertiary/aromatic N) is 3. The monoisotopic (exact) mass is 375 g/mol. The van der Waals surface area contributed by atoms with Gasteiger partial charge in [0, 0.05) is 17.9 Å². The molecule has 0 fully saturated rings. The van der Waals surface area contributed by atoms with Crippen LogP contribution in [-0.2, 0) is 0 Å². The molecule has 3 atom stereocenters. The molecule has 3 heteroatoms. The molecule has 1 aromatic carbocycles. The molecule has 3 aliphatic rings. The standard InChI is InChI=1S/C25H33N3/c1-7-20(25(4,5)6)18-8-10-19(11-9-18)28-13-12-16(2)23-22(28)15-26-21-14-17(3)27-24(21)23/h8-11,14-16,20,24H,7,12-13H2,1-6H3/t16?,20-,24?/m0/s1. The lowest BCUT2D eigenvalue weighted by atomic mass is 9.75. The Hall–Kier alpha value is -2.16. The summed E-state index contributed by atoms with van der Waals surface area (Å²) in [7, 11) is 0. The number of anilines is 1. The van der Waals surface area contributed by atoms with Gasteiger partial charge in [-0.25, -0.2) is 0 Å². The molecule has 2 unspecified atom stereocenters. The third-order valence-corrected chi connectivity index (χ3v) is 6.56. The molecule has 28 heavy (non-hydrogen) atoms. The second-order valence-electron chi connectivity index (χ2n) is 9.60. The second-order valence-corrected chi connectivity index (χ2v) is 9.60. The maximum atomic E-state index is 4.87. The van der Waals surface area contributed by atoms with Gasteiger partial charge in [0.05, 0.1) is 17.6 Å². The molecule has 0 N–H and O–H groups in total. The van der Waals surface area contributed by atoms with E-state index in [1.54, 1.807) is 0 Å². The van der Waals surface area contributed by atoms with Gasteiger partial charge >= 0.3 is 0 Å². The van der Waals surface area contributed by atoms with Gasteiger partial charge < -0.3 is 4.90 Å². The first-order chi connectivity index (χ1) is 13.3. The van der Waals surface area contributed by atoms with Crippen LogP contribution in [0.1, 0.15) is 65.9 Å². The van der Waals surface area contributed by atoms with Crippen molar-refractivity contribution in [1.29, 1.82) is 0 Å². The van der Waals surface area contributed by atoms with Crippen LogP contribution in [0.15, 0.2) is 57.3 Å². The molecule has 0 saturated heterocycles. The summed E-state index contributed by atoms with van der Waals surface area (Å²) in [5.41, 5.74) is 7.89. The number of rotatable bonds is 3. The van der Waals surface area contributed by atoms with E-state index in [1.165, 1.54) is 28.9 Å². The van der Waals surface area contributed by atoms with Gasteiger partial charge in [0.2, 0.25) is 0 Å². The third kappa shape index (κ3) is 3.25. The highest BCUT2D eigenvalue weighted by Crippen LogP contribution is 2.41. The van der Waals surface area contributed by atoms with Gasteiger partial charge in [-0.2, -0.15) is 0 Å². The number of fused-ring (bicyclic) bond motifs is 2. The van der Waals surface area contributed by atoms with Crippen LogP contribution in [0.4, 0.5) is 5.69 Å². The van der Waals surface area contributed by atoms with Crippen LogP contribution < -0.4 is 4.90 Å². The Kier molecular flexibility index (Phi) is 4.81. The summed E-state index contributed by atoms with van der Waals surface area (Å²) in [6.45, 7) is 14.8. The largest absolute Gasteiger partial charge is 0.340 e. The number of hydrogen-bond acceptors (Lipinski definition) is 3. The van der Waals surface area contributed by atoms with Crippen molar-refractivity contribution in [3.63, 3.8) is 0 Å². The topological polar surface area (TPSA) is 28.0 Å². The molecule has 0 aromatic heterocycles. The fraction of sp³-hybridized carbons (Fsp3) is 0.520. The molecule has 0 saturated carbocycles. The van der Waals surface area contributed by atoms with Crippen LogP contribution >= 0.6 is 0 Å². The van der Waals surface area contributed by atoms with E-state index in [9.17, 15) is 0 Å². The summed E-state index contributed by atoms with van der Waals surface area (Å²) in [6.07, 6.45) is 6.52. The van der Waals surface area contributed by atoms with Gasteiger partial charge in [0.25, 0.3) is 0 Å². The Morgan fingerprint density at radius 3 is 2.54 bits per heavy atom. The van der Waals surface area contributed by atoms with Gasteiger partial charge in [-0.05, 0) is 66.4 Å². The highest BCUT2D eigenvalue weighted by atomic mass is 15.2. The molecule has 3 aliphatic heterocycles. The second kappa shape index (κ2) is 7.02. The van der Waals surface area contributed by atoms with Crippen molar-refractivity contribution in [2.24, 2.45) is 21.3 Å². The summed E-state index contributed by atoms with van der Waals surface area (Å²) in [5, 5.41) is 0. The van der Waals surface area contributed by atoms with E-state index in [4.69, 9.17) is 9.98 Å². The van der Waals surface area contributed by atoms with Crippen LogP contribution in [0.5, 0.6) is 0 Å². The summed E-state index contributed by atoms with van der Waals surface area (Å²) < 4.78 is 0. The molecule has 0 bridgehead atoms. The lowest BCUT2D eigenvalue weighted by molar-refractivity contribution is 0.312. The van der Waals surface area contributed by atoms with Crippen molar-refractivity contribution in [2.75, 3.05) is 11.4 Å². The number of allylic oxidation sites excluding steroid dienone is 2. The fourth-order valence-corrected chi connectivity index (χ4v) is 5.14. The van der Waals surface area contributed by atoms with E-state index in [0.29, 0.717) is 11.8 Å². The molecular weight excluding hydrogens is 342 g/mol. The Balaban J connectivity index is 1.68. The van der Waals surface area contributed by atoms with Crippen LogP contribution in [0, 0.1) is 11.3 Å². The average molecular weight is 376 g/mol. The predicted molar refractivity (Wildman–Crippen MR) is 121 cm³/mol. The van der Waals surface area contributed by atoms with Crippen LogP contribution in [-0.4, -0.2) is 24.5 Å². The summed E-state index contributed by atoms with van der Waals surface area (Å²) in [6, 6.07) is 9.38. The minimum absolute atomic E-state index is 0.127. The van der Waals surface area contributed by atoms with E-state index in [2.05, 4.69) is 83.0 Å². The quantitative estimate of drug-likeness (QED) is 0.624. The first-order valence-electron chi connectivity index (χ1n) is 10.7. The molecule has 3 nitrogen and oxygen atoms in total. The van der Waals surface area contributed by atoms with Gasteiger partial charge in [0.1, 0.15) is 6.04 Å². The molecule has 0 amide bonds. The SMILES string of the molecule is CC[C@@H](c1ccc(N2CCC(C)C3=C2C=NC2=CC(C)=NC23)cc1)C(C)(C)C. The van der Waals surface area contributed by atoms with Crippen LogP contribution in [0.25, 0.3) is 0 Å². The average Bonchev–Trinajstić information content (AvgIpc) is 3.02. The van der Waals surface area contributed by atoms with E-state index in [-0.39, 0.29) is 11.5 Å². The van der Waals surface area contributed by atoms with E-state index >= 15 is 0 Å². The minimum Gasteiger partial charge on any atom is -0.340 e. The number of hydrogen-bond donors (Lipinski definition) is 0. The lowest BCUT2D eigenvalue weighted by Gasteiger charge is -2.39. The maximum Gasteiger partial charge on any atom is 0.116 e. The molecule has 0 radical (unpaired) electrons. The maximum absolute atomic E-state index is 4.87. The highest BCUT2D eigenvalue weighted by Gasteiger charge is 2.36. The first-order valence-corrected chi connectivity index (χ1v) is 10.7. The molecule has 0 aliphatic carbocycles. The molecule has 4 rings (SSSR count). The van der Waals surface area contributed by atoms with Gasteiger partial charge in [-0.3, -0.25) is 9.98 Å². The highest BCUT2D eigenvalue weighted by molar-refractivity contribution is 5.99. The molecule has 0 spiro atoms. The number of dihydropyridines is 1. The van der Waals surface area contributed by atoms with Gasteiger partial charge in [0.15, 0.2) is 0 Å². The smallest absolute Gasteiger partial charge is 0.116 e. The summed E-state index contributed by atoms with van der Waals surface area (Å²) >= 11 is 0. The third-order valence-electron chi connectivity index (χ3n) is 6.56.